The number of β-amino-alcohol motifs (C(OH)–C–C–N with tert-alkyl or cyclic N) is 1. The number of halogens is 1. The number of aliphatic hydroxyl groups excluding tert-OH is 1. The molecule has 0 aliphatic carbocycles. The van der Waals surface area contributed by atoms with Crippen LogP contribution in [-0.2, 0) is 11.8 Å². The molecule has 0 saturated carbocycles. The van der Waals surface area contributed by atoms with Gasteiger partial charge in [-0.15, -0.1) is 10.2 Å². The van der Waals surface area contributed by atoms with Crippen molar-refractivity contribution >= 4 is 11.8 Å². The number of hydrogen-bond donors (Lipinski definition) is 1. The van der Waals surface area contributed by atoms with Crippen molar-refractivity contribution in [1.29, 1.82) is 0 Å². The number of aliphatic hydroxyl groups is 1. The quantitative estimate of drug-likeness (QED) is 0.793. The second-order valence-electron chi connectivity index (χ2n) is 5.75. The maximum atomic E-state index is 13.0. The van der Waals surface area contributed by atoms with Gasteiger partial charge in [-0.3, -0.25) is 4.90 Å². The van der Waals surface area contributed by atoms with E-state index in [4.69, 9.17) is 4.74 Å². The first kappa shape index (κ1) is 17.3. The first-order chi connectivity index (χ1) is 11.6. The Labute approximate surface area is 144 Å². The molecule has 0 amide bonds. The van der Waals surface area contributed by atoms with Crippen molar-refractivity contribution in [2.45, 2.75) is 11.3 Å². The summed E-state index contributed by atoms with van der Waals surface area (Å²) in [4.78, 5) is 2.20. The van der Waals surface area contributed by atoms with Crippen molar-refractivity contribution in [3.8, 4) is 11.4 Å². The van der Waals surface area contributed by atoms with Crippen LogP contribution >= 0.6 is 11.8 Å². The van der Waals surface area contributed by atoms with Gasteiger partial charge in [-0.05, 0) is 24.3 Å². The zero-order valence-corrected chi connectivity index (χ0v) is 14.4. The summed E-state index contributed by atoms with van der Waals surface area (Å²) in [5, 5.41) is 19.3. The minimum Gasteiger partial charge on any atom is -0.391 e. The molecule has 6 nitrogen and oxygen atoms in total. The fraction of sp³-hybridized carbons (Fsp3) is 0.500. The highest BCUT2D eigenvalue weighted by molar-refractivity contribution is 7.99. The van der Waals surface area contributed by atoms with E-state index in [1.165, 1.54) is 23.9 Å². The van der Waals surface area contributed by atoms with Crippen molar-refractivity contribution in [1.82, 2.24) is 19.7 Å². The number of hydrogen-bond acceptors (Lipinski definition) is 6. The zero-order valence-electron chi connectivity index (χ0n) is 13.6. The van der Waals surface area contributed by atoms with E-state index in [1.54, 1.807) is 12.1 Å². The van der Waals surface area contributed by atoms with E-state index in [9.17, 15) is 9.50 Å². The summed E-state index contributed by atoms with van der Waals surface area (Å²) < 4.78 is 20.2. The average Bonchev–Trinajstić information content (AvgIpc) is 2.95. The number of morpholine rings is 1. The van der Waals surface area contributed by atoms with Crippen LogP contribution in [0.5, 0.6) is 0 Å². The maximum absolute atomic E-state index is 13.0. The predicted octanol–water partition coefficient (Wildman–Crippen LogP) is 1.41. The highest BCUT2D eigenvalue weighted by atomic mass is 32.2. The zero-order chi connectivity index (χ0) is 16.9. The molecule has 1 aliphatic heterocycles. The topological polar surface area (TPSA) is 63.4 Å². The average molecular weight is 352 g/mol. The van der Waals surface area contributed by atoms with Gasteiger partial charge in [0, 0.05) is 38.0 Å². The normalized spacial score (nSPS) is 17.1. The minimum absolute atomic E-state index is 0.276. The Kier molecular flexibility index (Phi) is 5.83. The van der Waals surface area contributed by atoms with Gasteiger partial charge in [0.25, 0.3) is 0 Å². The smallest absolute Gasteiger partial charge is 0.191 e. The Bertz CT molecular complexity index is 659. The lowest BCUT2D eigenvalue weighted by molar-refractivity contribution is 0.0188. The van der Waals surface area contributed by atoms with Crippen LogP contribution in [0.15, 0.2) is 29.4 Å². The van der Waals surface area contributed by atoms with Gasteiger partial charge in [-0.1, -0.05) is 11.8 Å². The molecule has 1 aliphatic rings. The molecule has 1 N–H and O–H groups in total. The molecule has 3 rings (SSSR count). The van der Waals surface area contributed by atoms with Gasteiger partial charge in [0.15, 0.2) is 11.0 Å². The number of thioether (sulfide) groups is 1. The molecule has 1 saturated heterocycles. The summed E-state index contributed by atoms with van der Waals surface area (Å²) in [6.07, 6.45) is -0.431. The van der Waals surface area contributed by atoms with Gasteiger partial charge in [0.1, 0.15) is 5.82 Å². The molecule has 1 atom stereocenters. The molecule has 1 aromatic carbocycles. The van der Waals surface area contributed by atoms with Crippen molar-refractivity contribution in [2.75, 3.05) is 38.6 Å². The molecule has 0 bridgehead atoms. The summed E-state index contributed by atoms with van der Waals surface area (Å²) in [5.74, 6) is 0.953. The van der Waals surface area contributed by atoms with Gasteiger partial charge in [-0.25, -0.2) is 4.39 Å². The molecule has 2 heterocycles. The molecule has 0 unspecified atom stereocenters. The summed E-state index contributed by atoms with van der Waals surface area (Å²) in [6.45, 7) is 3.81. The lowest BCUT2D eigenvalue weighted by Crippen LogP contribution is -2.41. The van der Waals surface area contributed by atoms with Crippen molar-refractivity contribution in [3.63, 3.8) is 0 Å². The van der Waals surface area contributed by atoms with E-state index in [0.717, 1.165) is 37.0 Å². The third-order valence-electron chi connectivity index (χ3n) is 3.91. The van der Waals surface area contributed by atoms with E-state index < -0.39 is 6.10 Å². The summed E-state index contributed by atoms with van der Waals surface area (Å²) >= 11 is 1.47. The monoisotopic (exact) mass is 352 g/mol. The highest BCUT2D eigenvalue weighted by Crippen LogP contribution is 2.23. The molecule has 24 heavy (non-hydrogen) atoms. The third kappa shape index (κ3) is 4.32. The fourth-order valence-corrected chi connectivity index (χ4v) is 3.42. The molecular formula is C16H21FN4O2S. The van der Waals surface area contributed by atoms with Gasteiger partial charge < -0.3 is 14.4 Å². The summed E-state index contributed by atoms with van der Waals surface area (Å²) in [5.41, 5.74) is 0.812. The molecular weight excluding hydrogens is 331 g/mol. The molecule has 2 aromatic rings. The van der Waals surface area contributed by atoms with Crippen molar-refractivity contribution in [3.05, 3.63) is 30.1 Å². The van der Waals surface area contributed by atoms with Crippen LogP contribution in [0.25, 0.3) is 11.4 Å². The van der Waals surface area contributed by atoms with E-state index in [2.05, 4.69) is 15.1 Å². The van der Waals surface area contributed by atoms with E-state index in [1.807, 2.05) is 11.6 Å². The molecule has 1 aromatic heterocycles. The maximum Gasteiger partial charge on any atom is 0.191 e. The second-order valence-corrected chi connectivity index (χ2v) is 6.74. The molecule has 130 valence electrons. The Morgan fingerprint density at radius 2 is 1.96 bits per heavy atom. The first-order valence-corrected chi connectivity index (χ1v) is 8.88. The summed E-state index contributed by atoms with van der Waals surface area (Å²) in [7, 11) is 1.87. The number of aromatic nitrogens is 3. The predicted molar refractivity (Wildman–Crippen MR) is 90.4 cm³/mol. The van der Waals surface area contributed by atoms with Gasteiger partial charge in [0.05, 0.1) is 19.3 Å². The van der Waals surface area contributed by atoms with Crippen molar-refractivity contribution < 1.29 is 14.2 Å². The molecule has 1 fully saturated rings. The second kappa shape index (κ2) is 8.06. The SMILES string of the molecule is Cn1c(SC[C@@H](O)CN2CCOCC2)nnc1-c1ccc(F)cc1. The van der Waals surface area contributed by atoms with Crippen LogP contribution < -0.4 is 0 Å². The highest BCUT2D eigenvalue weighted by Gasteiger charge is 2.17. The van der Waals surface area contributed by atoms with E-state index in [-0.39, 0.29) is 5.82 Å². The molecule has 0 spiro atoms. The van der Waals surface area contributed by atoms with Gasteiger partial charge in [-0.2, -0.15) is 0 Å². The van der Waals surface area contributed by atoms with Crippen LogP contribution in [0.1, 0.15) is 0 Å². The first-order valence-electron chi connectivity index (χ1n) is 7.90. The van der Waals surface area contributed by atoms with Crippen molar-refractivity contribution in [2.24, 2.45) is 7.05 Å². The minimum atomic E-state index is -0.431. The fourth-order valence-electron chi connectivity index (χ4n) is 2.60. The third-order valence-corrected chi connectivity index (χ3v) is 5.08. The summed E-state index contributed by atoms with van der Waals surface area (Å²) in [6, 6.07) is 6.17. The van der Waals surface area contributed by atoms with Crippen LogP contribution in [0.2, 0.25) is 0 Å². The van der Waals surface area contributed by atoms with E-state index >= 15 is 0 Å². The lowest BCUT2D eigenvalue weighted by atomic mass is 10.2. The molecule has 8 heteroatoms. The number of benzene rings is 1. The van der Waals surface area contributed by atoms with Crippen LogP contribution in [0.4, 0.5) is 4.39 Å². The van der Waals surface area contributed by atoms with Crippen LogP contribution in [-0.4, -0.2) is 69.5 Å². The number of nitrogens with zero attached hydrogens (tertiary/aromatic N) is 4. The van der Waals surface area contributed by atoms with Crippen LogP contribution in [0, 0.1) is 5.82 Å². The Balaban J connectivity index is 1.56. The Morgan fingerprint density at radius 3 is 2.67 bits per heavy atom. The molecule has 0 radical (unpaired) electrons. The number of ether oxygens (including phenoxy) is 1. The largest absolute Gasteiger partial charge is 0.391 e. The lowest BCUT2D eigenvalue weighted by Gasteiger charge is -2.28. The Morgan fingerprint density at radius 1 is 1.25 bits per heavy atom. The standard InChI is InChI=1S/C16H21FN4O2S/c1-20-15(12-2-4-13(17)5-3-12)18-19-16(20)24-11-14(22)10-21-6-8-23-9-7-21/h2-5,14,22H,6-11H2,1H3/t14-/m0/s1. The van der Waals surface area contributed by atoms with Crippen LogP contribution in [0.3, 0.4) is 0 Å². The number of rotatable bonds is 6. The Hall–Kier alpha value is -1.48. The van der Waals surface area contributed by atoms with Gasteiger partial charge in [0.2, 0.25) is 0 Å². The van der Waals surface area contributed by atoms with Gasteiger partial charge >= 0.3 is 0 Å². The van der Waals surface area contributed by atoms with E-state index in [0.29, 0.717) is 18.1 Å².